The Balaban J connectivity index is 0.840. The average Bonchev–Trinajstić information content (AvgIpc) is 4.19. The number of azo groups is 2. The van der Waals surface area contributed by atoms with Crippen molar-refractivity contribution in [2.45, 2.75) is 26.7 Å². The zero-order chi connectivity index (χ0) is 53.8. The van der Waals surface area contributed by atoms with E-state index in [0.717, 1.165) is 76.9 Å². The molecule has 0 aliphatic carbocycles. The molecule has 0 unspecified atom stereocenters. The quantitative estimate of drug-likeness (QED) is 0.0307. The Morgan fingerprint density at radius 3 is 1.60 bits per heavy atom. The lowest BCUT2D eigenvalue weighted by Gasteiger charge is -2.19. The number of hydrogen-bond acceptors (Lipinski definition) is 10. The van der Waals surface area contributed by atoms with Crippen molar-refractivity contribution in [1.29, 1.82) is 5.41 Å². The lowest BCUT2D eigenvalue weighted by molar-refractivity contribution is 0.102. The number of aromatic hydroxyl groups is 2. The number of aromatic amines is 2. The molecule has 1 amide bonds. The first-order valence-corrected chi connectivity index (χ1v) is 26.0. The summed E-state index contributed by atoms with van der Waals surface area (Å²) in [7, 11) is 1.94. The zero-order valence-electron chi connectivity index (χ0n) is 42.3. The molecule has 0 atom stereocenters. The van der Waals surface area contributed by atoms with E-state index in [2.05, 4.69) is 30.6 Å². The molecule has 0 radical (unpaired) electrons. The van der Waals surface area contributed by atoms with Crippen molar-refractivity contribution in [3.8, 4) is 17.2 Å². The van der Waals surface area contributed by atoms with Crippen LogP contribution in [-0.2, 0) is 12.8 Å². The van der Waals surface area contributed by atoms with Crippen molar-refractivity contribution in [2.75, 3.05) is 17.3 Å². The van der Waals surface area contributed by atoms with E-state index in [4.69, 9.17) is 38.5 Å². The minimum absolute atomic E-state index is 0.0732. The molecule has 2 heterocycles. The molecule has 10 aromatic carbocycles. The summed E-state index contributed by atoms with van der Waals surface area (Å²) in [5.74, 6) is -0.867. The van der Waals surface area contributed by atoms with Crippen molar-refractivity contribution < 1.29 is 19.7 Å². The van der Waals surface area contributed by atoms with Crippen LogP contribution in [0.5, 0.6) is 17.2 Å². The van der Waals surface area contributed by atoms with Gasteiger partial charge in [0.2, 0.25) is 5.90 Å². The van der Waals surface area contributed by atoms with Gasteiger partial charge in [0.25, 0.3) is 5.91 Å². The van der Waals surface area contributed by atoms with Gasteiger partial charge in [0.1, 0.15) is 11.4 Å². The standard InChI is InChI=1S/C63H47Cl2N9O4/c1-4-34-10-6-8-12-44(34)62(66)78-53-31-37-15-27-47-49-33-39(65)17-29-51(49)68-57(47)55(37)59(61(53)76)73-71-41-20-24-43(25-21-41)74(3)42-22-18-40(19-23-42)70-72-58-54-36(14-26-46-48-32-38(64)16-28-50(48)67-56(46)54)30-52(60(58)75)69-63(77)45-13-9-7-11-35(45)5-2/h6-33,66-68,75-76H,4-5H2,1-3H3,(H,69,77). The van der Waals surface area contributed by atoms with Crippen LogP contribution < -0.4 is 15.0 Å². The first-order chi connectivity index (χ1) is 37.9. The first-order valence-electron chi connectivity index (χ1n) is 25.2. The molecule has 13 nitrogen and oxygen atoms in total. The van der Waals surface area contributed by atoms with Crippen LogP contribution in [0, 0.1) is 5.41 Å². The fourth-order valence-electron chi connectivity index (χ4n) is 10.3. The van der Waals surface area contributed by atoms with Gasteiger partial charge in [-0.1, -0.05) is 97.7 Å². The third-order valence-corrected chi connectivity index (χ3v) is 14.8. The number of carbonyl (C=O) groups is 1. The Kier molecular flexibility index (Phi) is 12.8. The number of H-pyrrole nitrogens is 2. The molecule has 0 fully saturated rings. The van der Waals surface area contributed by atoms with Crippen LogP contribution >= 0.6 is 23.2 Å². The highest BCUT2D eigenvalue weighted by Gasteiger charge is 2.23. The maximum atomic E-state index is 13.7. The van der Waals surface area contributed by atoms with Crippen LogP contribution in [0.3, 0.4) is 0 Å². The number of nitrogens with zero attached hydrogens (tertiary/aromatic N) is 5. The van der Waals surface area contributed by atoms with Crippen LogP contribution in [-0.4, -0.2) is 39.0 Å². The van der Waals surface area contributed by atoms with Crippen molar-refractivity contribution in [3.05, 3.63) is 202 Å². The Bertz CT molecular complexity index is 4190. The van der Waals surface area contributed by atoms with Gasteiger partial charge in [0, 0.05) is 82.9 Å². The number of carbonyl (C=O) groups excluding carboxylic acids is 1. The van der Waals surface area contributed by atoms with Gasteiger partial charge in [-0.3, -0.25) is 10.2 Å². The average molecular weight is 1070 g/mol. The van der Waals surface area contributed by atoms with Gasteiger partial charge in [0.05, 0.1) is 28.1 Å². The SMILES string of the molecule is CCc1ccccc1C(=N)Oc1cc2ccc3c4cc(Cl)ccc4[nH]c3c2c(N=Nc2ccc(N(C)c3ccc(N=Nc4c(O)c(NC(=O)c5ccccc5CC)cc5ccc6c7cc(Cl)ccc7[nH]c6c45)cc3)cc2)c1O. The Morgan fingerprint density at radius 2 is 1.06 bits per heavy atom. The van der Waals surface area contributed by atoms with Gasteiger partial charge in [-0.05, 0) is 144 Å². The first kappa shape index (κ1) is 49.3. The zero-order valence-corrected chi connectivity index (χ0v) is 43.8. The Labute approximate surface area is 456 Å². The summed E-state index contributed by atoms with van der Waals surface area (Å²) in [5, 5.41) is 62.0. The minimum atomic E-state index is -0.349. The fraction of sp³-hybridized carbons (Fsp3) is 0.0794. The Morgan fingerprint density at radius 1 is 0.577 bits per heavy atom. The van der Waals surface area contributed by atoms with E-state index in [9.17, 15) is 15.0 Å². The molecular weight excluding hydrogens is 1020 g/mol. The number of halogens is 2. The molecule has 2 aromatic heterocycles. The Hall–Kier alpha value is -9.56. The molecule has 0 spiro atoms. The number of phenolic OH excluding ortho intramolecular Hbond substituents is 2. The highest BCUT2D eigenvalue weighted by molar-refractivity contribution is 6.33. The van der Waals surface area contributed by atoms with Crippen LogP contribution in [0.1, 0.15) is 40.9 Å². The number of ether oxygens (including phenoxy) is 1. The number of fused-ring (bicyclic) bond motifs is 10. The number of aryl methyl sites for hydroxylation is 2. The van der Waals surface area contributed by atoms with E-state index < -0.39 is 0 Å². The van der Waals surface area contributed by atoms with Gasteiger partial charge >= 0.3 is 0 Å². The molecular formula is C63H47Cl2N9O4. The summed E-state index contributed by atoms with van der Waals surface area (Å²) in [5.41, 5.74) is 9.52. The summed E-state index contributed by atoms with van der Waals surface area (Å²) < 4.78 is 6.13. The highest BCUT2D eigenvalue weighted by Crippen LogP contribution is 2.49. The number of aromatic nitrogens is 2. The van der Waals surface area contributed by atoms with Crippen LogP contribution in [0.15, 0.2) is 190 Å². The summed E-state index contributed by atoms with van der Waals surface area (Å²) in [6.45, 7) is 4.01. The third kappa shape index (κ3) is 8.94. The second kappa shape index (κ2) is 20.2. The second-order valence-electron chi connectivity index (χ2n) is 18.9. The van der Waals surface area contributed by atoms with E-state index in [1.807, 2.05) is 177 Å². The van der Waals surface area contributed by atoms with E-state index >= 15 is 0 Å². The van der Waals surface area contributed by atoms with Gasteiger partial charge in [-0.2, -0.15) is 10.2 Å². The monoisotopic (exact) mass is 1060 g/mol. The van der Waals surface area contributed by atoms with E-state index in [-0.39, 0.29) is 46.1 Å². The normalized spacial score (nSPS) is 11.9. The minimum Gasteiger partial charge on any atom is -0.504 e. The number of hydrogen-bond donors (Lipinski definition) is 6. The van der Waals surface area contributed by atoms with E-state index in [1.165, 1.54) is 0 Å². The maximum Gasteiger partial charge on any atom is 0.256 e. The predicted molar refractivity (Wildman–Crippen MR) is 316 cm³/mol. The number of amides is 1. The van der Waals surface area contributed by atoms with Crippen LogP contribution in [0.4, 0.5) is 39.8 Å². The fourth-order valence-corrected chi connectivity index (χ4v) is 10.6. The topological polar surface area (TPSA) is 187 Å². The molecule has 0 saturated carbocycles. The molecule has 0 aliphatic rings. The third-order valence-electron chi connectivity index (χ3n) is 14.3. The molecule has 6 N–H and O–H groups in total. The second-order valence-corrected chi connectivity index (χ2v) is 19.8. The lowest BCUT2D eigenvalue weighted by atomic mass is 10.0. The van der Waals surface area contributed by atoms with Crippen molar-refractivity contribution in [3.63, 3.8) is 0 Å². The molecule has 15 heteroatoms. The van der Waals surface area contributed by atoms with Crippen molar-refractivity contribution >= 4 is 140 Å². The lowest BCUT2D eigenvalue weighted by Crippen LogP contribution is -2.14. The molecule has 78 heavy (non-hydrogen) atoms. The summed E-state index contributed by atoms with van der Waals surface area (Å²) in [6.07, 6.45) is 1.37. The van der Waals surface area contributed by atoms with E-state index in [0.29, 0.717) is 56.2 Å². The number of benzene rings is 10. The molecule has 0 aliphatic heterocycles. The van der Waals surface area contributed by atoms with Gasteiger partial charge in [0.15, 0.2) is 17.2 Å². The van der Waals surface area contributed by atoms with Crippen LogP contribution in [0.25, 0.3) is 65.2 Å². The molecule has 0 bridgehead atoms. The van der Waals surface area contributed by atoms with Crippen molar-refractivity contribution in [1.82, 2.24) is 9.97 Å². The number of rotatable bonds is 12. The smallest absolute Gasteiger partial charge is 0.256 e. The highest BCUT2D eigenvalue weighted by atomic mass is 35.5. The van der Waals surface area contributed by atoms with Crippen LogP contribution in [0.2, 0.25) is 10.0 Å². The van der Waals surface area contributed by atoms with Crippen molar-refractivity contribution in [2.24, 2.45) is 20.5 Å². The molecule has 12 rings (SSSR count). The number of anilines is 3. The molecule has 382 valence electrons. The molecule has 0 saturated heterocycles. The molecule has 12 aromatic rings. The van der Waals surface area contributed by atoms with Gasteiger partial charge < -0.3 is 35.1 Å². The van der Waals surface area contributed by atoms with E-state index in [1.54, 1.807) is 18.2 Å². The maximum absolute atomic E-state index is 13.7. The number of nitrogens with one attached hydrogen (secondary N) is 4. The predicted octanol–water partition coefficient (Wildman–Crippen LogP) is 18.4. The summed E-state index contributed by atoms with van der Waals surface area (Å²) >= 11 is 12.9. The largest absolute Gasteiger partial charge is 0.504 e. The summed E-state index contributed by atoms with van der Waals surface area (Å²) in [4.78, 5) is 22.7. The van der Waals surface area contributed by atoms with Gasteiger partial charge in [-0.15, -0.1) is 10.2 Å². The summed E-state index contributed by atoms with van der Waals surface area (Å²) in [6, 6.07) is 52.6. The van der Waals surface area contributed by atoms with Gasteiger partial charge in [-0.25, -0.2) is 0 Å². The number of phenols is 2.